The molecule has 1 amide bonds. The highest BCUT2D eigenvalue weighted by atomic mass is 32.2. The zero-order valence-corrected chi connectivity index (χ0v) is 13.0. The summed E-state index contributed by atoms with van der Waals surface area (Å²) < 4.78 is 36.3. The third-order valence-corrected chi connectivity index (χ3v) is 4.59. The molecule has 21 heavy (non-hydrogen) atoms. The fraction of sp³-hybridized carbons (Fsp3) is 0.400. The van der Waals surface area contributed by atoms with Crippen molar-refractivity contribution < 1.29 is 17.6 Å². The van der Waals surface area contributed by atoms with Gasteiger partial charge in [-0.15, -0.1) is 0 Å². The molecule has 0 fully saturated rings. The molecule has 114 valence electrons. The number of sulfone groups is 1. The van der Waals surface area contributed by atoms with E-state index in [1.165, 1.54) is 35.2 Å². The van der Waals surface area contributed by atoms with E-state index in [0.717, 1.165) is 5.41 Å². The predicted molar refractivity (Wildman–Crippen MR) is 80.1 cm³/mol. The molecule has 1 aliphatic heterocycles. The van der Waals surface area contributed by atoms with E-state index in [4.69, 9.17) is 0 Å². The lowest BCUT2D eigenvalue weighted by Gasteiger charge is -2.33. The Morgan fingerprint density at radius 1 is 1.24 bits per heavy atom. The fourth-order valence-electron chi connectivity index (χ4n) is 2.14. The van der Waals surface area contributed by atoms with Crippen LogP contribution in [0.2, 0.25) is 0 Å². The van der Waals surface area contributed by atoms with Crippen LogP contribution in [0.25, 0.3) is 0 Å². The number of carbonyl (C=O) groups is 1. The molecule has 1 aromatic carbocycles. The highest BCUT2D eigenvalue weighted by molar-refractivity contribution is 7.94. The average molecular weight is 311 g/mol. The minimum atomic E-state index is -3.28. The summed E-state index contributed by atoms with van der Waals surface area (Å²) in [6.45, 7) is 5.29. The summed E-state index contributed by atoms with van der Waals surface area (Å²) in [5, 5.41) is 1.13. The van der Waals surface area contributed by atoms with Gasteiger partial charge in [0.25, 0.3) is 0 Å². The fourth-order valence-corrected chi connectivity index (χ4v) is 3.41. The Hall–Kier alpha value is -1.69. The van der Waals surface area contributed by atoms with Crippen LogP contribution in [0, 0.1) is 11.2 Å². The summed E-state index contributed by atoms with van der Waals surface area (Å²) >= 11 is 0. The summed E-state index contributed by atoms with van der Waals surface area (Å²) in [5.74, 6) is -0.760. The minimum Gasteiger partial charge on any atom is -0.304 e. The van der Waals surface area contributed by atoms with Gasteiger partial charge in [-0.25, -0.2) is 12.8 Å². The molecule has 0 saturated heterocycles. The van der Waals surface area contributed by atoms with Crippen molar-refractivity contribution in [2.75, 3.05) is 10.7 Å². The molecule has 1 heterocycles. The largest absolute Gasteiger partial charge is 0.304 e. The lowest BCUT2D eigenvalue weighted by Crippen LogP contribution is -2.46. The lowest BCUT2D eigenvalue weighted by atomic mass is 9.93. The molecule has 0 N–H and O–H groups in total. The summed E-state index contributed by atoms with van der Waals surface area (Å²) in [6, 6.07) is 4.92. The highest BCUT2D eigenvalue weighted by Crippen LogP contribution is 2.28. The van der Waals surface area contributed by atoms with E-state index >= 15 is 0 Å². The first-order valence-corrected chi connectivity index (χ1v) is 8.32. The van der Waals surface area contributed by atoms with Crippen LogP contribution in [0.1, 0.15) is 20.8 Å². The number of halogens is 1. The Kier molecular flexibility index (Phi) is 3.93. The first kappa shape index (κ1) is 15.7. The van der Waals surface area contributed by atoms with Gasteiger partial charge in [0.1, 0.15) is 5.82 Å². The molecule has 1 aliphatic rings. The summed E-state index contributed by atoms with van der Waals surface area (Å²) in [7, 11) is -3.28. The number of anilines is 1. The van der Waals surface area contributed by atoms with Gasteiger partial charge in [-0.2, -0.15) is 0 Å². The molecule has 0 saturated carbocycles. The topological polar surface area (TPSA) is 54.5 Å². The number of rotatable bonds is 2. The molecule has 6 heteroatoms. The van der Waals surface area contributed by atoms with Crippen molar-refractivity contribution in [2.45, 2.75) is 26.8 Å². The SMILES string of the molecule is CC(C)(C)C(=O)N(c1ccc(F)cc1)[C@@H]1C=CS(=O)(=O)C1. The molecule has 0 spiro atoms. The number of amides is 1. The normalized spacial score (nSPS) is 20.5. The first-order valence-electron chi connectivity index (χ1n) is 6.60. The predicted octanol–water partition coefficient (Wildman–Crippen LogP) is 2.52. The molecule has 2 rings (SSSR count). The lowest BCUT2D eigenvalue weighted by molar-refractivity contribution is -0.126. The molecule has 0 bridgehead atoms. The monoisotopic (exact) mass is 311 g/mol. The molecule has 1 atom stereocenters. The van der Waals surface area contributed by atoms with Crippen molar-refractivity contribution in [1.29, 1.82) is 0 Å². The van der Waals surface area contributed by atoms with E-state index in [0.29, 0.717) is 5.69 Å². The van der Waals surface area contributed by atoms with Crippen LogP contribution in [-0.2, 0) is 14.6 Å². The van der Waals surface area contributed by atoms with Crippen molar-refractivity contribution in [1.82, 2.24) is 0 Å². The van der Waals surface area contributed by atoms with Crippen molar-refractivity contribution in [3.8, 4) is 0 Å². The van der Waals surface area contributed by atoms with Crippen LogP contribution >= 0.6 is 0 Å². The quantitative estimate of drug-likeness (QED) is 0.843. The van der Waals surface area contributed by atoms with E-state index in [1.54, 1.807) is 20.8 Å². The highest BCUT2D eigenvalue weighted by Gasteiger charge is 2.36. The van der Waals surface area contributed by atoms with Gasteiger partial charge in [0.15, 0.2) is 9.84 Å². The van der Waals surface area contributed by atoms with Crippen LogP contribution < -0.4 is 4.90 Å². The Morgan fingerprint density at radius 2 is 1.81 bits per heavy atom. The smallest absolute Gasteiger partial charge is 0.232 e. The Balaban J connectivity index is 2.43. The summed E-state index contributed by atoms with van der Waals surface area (Å²) in [4.78, 5) is 14.1. The number of hydrogen-bond donors (Lipinski definition) is 0. The Bertz CT molecular complexity index is 672. The molecule has 0 aromatic heterocycles. The van der Waals surface area contributed by atoms with E-state index in [-0.39, 0.29) is 11.7 Å². The molecule has 0 unspecified atom stereocenters. The van der Waals surface area contributed by atoms with Crippen LogP contribution in [0.5, 0.6) is 0 Å². The number of carbonyl (C=O) groups excluding carboxylic acids is 1. The van der Waals surface area contributed by atoms with Gasteiger partial charge in [-0.3, -0.25) is 4.79 Å². The first-order chi connectivity index (χ1) is 9.60. The third-order valence-electron chi connectivity index (χ3n) is 3.21. The van der Waals surface area contributed by atoms with Gasteiger partial charge in [-0.1, -0.05) is 20.8 Å². The van der Waals surface area contributed by atoms with Crippen LogP contribution in [0.15, 0.2) is 35.7 Å². The van der Waals surface area contributed by atoms with Gasteiger partial charge < -0.3 is 4.90 Å². The second-order valence-electron chi connectivity index (χ2n) is 6.13. The van der Waals surface area contributed by atoms with Crippen LogP contribution in [0.4, 0.5) is 10.1 Å². The number of benzene rings is 1. The van der Waals surface area contributed by atoms with Crippen molar-refractivity contribution in [2.24, 2.45) is 5.41 Å². The van der Waals surface area contributed by atoms with Crippen molar-refractivity contribution in [3.05, 3.63) is 41.6 Å². The Morgan fingerprint density at radius 3 is 2.24 bits per heavy atom. The zero-order chi connectivity index (χ0) is 15.8. The standard InChI is InChI=1S/C15H18FNO3S/c1-15(2,3)14(18)17(12-6-4-11(16)5-7-12)13-8-9-21(19,20)10-13/h4-9,13H,10H2,1-3H3/t13-/m1/s1. The van der Waals surface area contributed by atoms with Crippen molar-refractivity contribution >= 4 is 21.4 Å². The van der Waals surface area contributed by atoms with Gasteiger partial charge in [0, 0.05) is 16.5 Å². The summed E-state index contributed by atoms with van der Waals surface area (Å²) in [5.41, 5.74) is -0.183. The molecule has 1 aromatic rings. The third kappa shape index (κ3) is 3.50. The van der Waals surface area contributed by atoms with E-state index in [9.17, 15) is 17.6 Å². The summed E-state index contributed by atoms with van der Waals surface area (Å²) in [6.07, 6.45) is 1.50. The second kappa shape index (κ2) is 5.26. The number of nitrogens with zero attached hydrogens (tertiary/aromatic N) is 1. The molecule has 0 aliphatic carbocycles. The maximum Gasteiger partial charge on any atom is 0.232 e. The van der Waals surface area contributed by atoms with Crippen molar-refractivity contribution in [3.63, 3.8) is 0 Å². The zero-order valence-electron chi connectivity index (χ0n) is 12.2. The molecular weight excluding hydrogens is 293 g/mol. The Labute approximate surface area is 124 Å². The molecular formula is C15H18FNO3S. The minimum absolute atomic E-state index is 0.147. The molecule has 4 nitrogen and oxygen atoms in total. The average Bonchev–Trinajstić information content (AvgIpc) is 2.71. The number of hydrogen-bond acceptors (Lipinski definition) is 3. The van der Waals surface area contributed by atoms with Gasteiger partial charge in [-0.05, 0) is 30.3 Å². The van der Waals surface area contributed by atoms with Crippen LogP contribution in [0.3, 0.4) is 0 Å². The second-order valence-corrected chi connectivity index (χ2v) is 8.06. The van der Waals surface area contributed by atoms with E-state index in [2.05, 4.69) is 0 Å². The van der Waals surface area contributed by atoms with E-state index in [1.807, 2.05) is 0 Å². The van der Waals surface area contributed by atoms with Gasteiger partial charge in [0.2, 0.25) is 5.91 Å². The molecule has 0 radical (unpaired) electrons. The maximum absolute atomic E-state index is 13.1. The van der Waals surface area contributed by atoms with Crippen LogP contribution in [-0.4, -0.2) is 26.1 Å². The van der Waals surface area contributed by atoms with Gasteiger partial charge >= 0.3 is 0 Å². The maximum atomic E-state index is 13.1. The van der Waals surface area contributed by atoms with E-state index < -0.39 is 27.1 Å². The van der Waals surface area contributed by atoms with Gasteiger partial charge in [0.05, 0.1) is 11.8 Å².